The molecule has 0 aliphatic heterocycles. The zero-order chi connectivity index (χ0) is 20.8. The van der Waals surface area contributed by atoms with Crippen molar-refractivity contribution in [2.24, 2.45) is 0 Å². The average Bonchev–Trinajstić information content (AvgIpc) is 3.30. The average molecular weight is 433 g/mol. The molecule has 0 atom stereocenters. The minimum absolute atomic E-state index is 0.234. The van der Waals surface area contributed by atoms with Gasteiger partial charge in [0, 0.05) is 21.3 Å². The highest BCUT2D eigenvalue weighted by atomic mass is 35.5. The smallest absolute Gasteiger partial charge is 0.267 e. The summed E-state index contributed by atoms with van der Waals surface area (Å²) in [7, 11) is 0. The third-order valence-corrected chi connectivity index (χ3v) is 6.79. The largest absolute Gasteiger partial charge is 0.436 e. The molecular weight excluding hydrogens is 416 g/mol. The third-order valence-electron chi connectivity index (χ3n) is 5.11. The van der Waals surface area contributed by atoms with E-state index in [4.69, 9.17) is 16.0 Å². The van der Waals surface area contributed by atoms with Gasteiger partial charge in [0.1, 0.15) is 10.4 Å². The van der Waals surface area contributed by atoms with Gasteiger partial charge in [-0.2, -0.15) is 0 Å². The van der Waals surface area contributed by atoms with Crippen molar-refractivity contribution in [3.8, 4) is 11.5 Å². The van der Waals surface area contributed by atoms with E-state index < -0.39 is 0 Å². The van der Waals surface area contributed by atoms with Crippen molar-refractivity contribution in [1.82, 2.24) is 4.98 Å². The van der Waals surface area contributed by atoms with Crippen LogP contribution in [0, 0.1) is 13.8 Å². The summed E-state index contributed by atoms with van der Waals surface area (Å²) in [5.74, 6) is 0.285. The van der Waals surface area contributed by atoms with E-state index in [9.17, 15) is 4.79 Å². The van der Waals surface area contributed by atoms with Gasteiger partial charge in [0.05, 0.1) is 5.02 Å². The molecule has 4 nitrogen and oxygen atoms in total. The summed E-state index contributed by atoms with van der Waals surface area (Å²) in [4.78, 5) is 17.9. The van der Waals surface area contributed by atoms with Crippen LogP contribution in [0.4, 0.5) is 5.69 Å². The number of carbonyl (C=O) groups is 1. The highest BCUT2D eigenvalue weighted by molar-refractivity contribution is 7.21. The minimum atomic E-state index is -0.234. The van der Waals surface area contributed by atoms with Gasteiger partial charge in [-0.3, -0.25) is 4.79 Å². The Labute approximate surface area is 182 Å². The number of thiophene rings is 1. The molecule has 5 aromatic rings. The van der Waals surface area contributed by atoms with E-state index in [1.54, 1.807) is 0 Å². The molecule has 1 N–H and O–H groups in total. The number of rotatable bonds is 3. The second-order valence-electron chi connectivity index (χ2n) is 7.20. The molecule has 0 spiro atoms. The number of hydrogen-bond donors (Lipinski definition) is 1. The zero-order valence-electron chi connectivity index (χ0n) is 16.3. The Morgan fingerprint density at radius 2 is 1.83 bits per heavy atom. The quantitative estimate of drug-likeness (QED) is 0.327. The van der Waals surface area contributed by atoms with Gasteiger partial charge in [-0.05, 0) is 61.4 Å². The number of amides is 1. The van der Waals surface area contributed by atoms with Gasteiger partial charge in [0.2, 0.25) is 5.89 Å². The maximum atomic E-state index is 12.8. The number of anilines is 1. The Kier molecular flexibility index (Phi) is 4.57. The Balaban J connectivity index is 1.46. The molecule has 0 unspecified atom stereocenters. The van der Waals surface area contributed by atoms with E-state index in [2.05, 4.69) is 17.2 Å². The van der Waals surface area contributed by atoms with Crippen molar-refractivity contribution in [2.45, 2.75) is 13.8 Å². The van der Waals surface area contributed by atoms with Crippen LogP contribution in [-0.4, -0.2) is 10.9 Å². The fraction of sp³-hybridized carbons (Fsp3) is 0.0833. The van der Waals surface area contributed by atoms with Crippen molar-refractivity contribution in [1.29, 1.82) is 0 Å². The minimum Gasteiger partial charge on any atom is -0.436 e. The van der Waals surface area contributed by atoms with Gasteiger partial charge < -0.3 is 9.73 Å². The molecule has 5 rings (SSSR count). The summed E-state index contributed by atoms with van der Waals surface area (Å²) < 4.78 is 6.94. The summed E-state index contributed by atoms with van der Waals surface area (Å²) in [5.41, 5.74) is 5.34. The first-order valence-electron chi connectivity index (χ1n) is 9.46. The van der Waals surface area contributed by atoms with Crippen LogP contribution in [0.2, 0.25) is 5.02 Å². The van der Waals surface area contributed by atoms with Gasteiger partial charge in [0.15, 0.2) is 5.58 Å². The molecule has 2 aromatic heterocycles. The normalized spacial score (nSPS) is 11.3. The van der Waals surface area contributed by atoms with Crippen LogP contribution in [0.3, 0.4) is 0 Å². The van der Waals surface area contributed by atoms with Crippen molar-refractivity contribution in [3.05, 3.63) is 81.7 Å². The van der Waals surface area contributed by atoms with Gasteiger partial charge in [-0.15, -0.1) is 11.3 Å². The highest BCUT2D eigenvalue weighted by Gasteiger charge is 2.17. The fourth-order valence-electron chi connectivity index (χ4n) is 3.38. The summed E-state index contributed by atoms with van der Waals surface area (Å²) in [5, 5.41) is 4.31. The van der Waals surface area contributed by atoms with Crippen LogP contribution in [0.15, 0.2) is 65.1 Å². The summed E-state index contributed by atoms with van der Waals surface area (Å²) in [6.07, 6.45) is 0. The number of aromatic nitrogens is 1. The lowest BCUT2D eigenvalue weighted by atomic mass is 10.1. The molecule has 0 bridgehead atoms. The molecular formula is C24H17ClN2O2S. The van der Waals surface area contributed by atoms with Gasteiger partial charge >= 0.3 is 0 Å². The van der Waals surface area contributed by atoms with Gasteiger partial charge in [-0.25, -0.2) is 4.98 Å². The molecule has 0 fully saturated rings. The lowest BCUT2D eigenvalue weighted by Gasteiger charge is -2.05. The molecule has 0 aliphatic rings. The molecule has 30 heavy (non-hydrogen) atoms. The van der Waals surface area contributed by atoms with E-state index >= 15 is 0 Å². The third kappa shape index (κ3) is 3.26. The van der Waals surface area contributed by atoms with E-state index in [-0.39, 0.29) is 5.91 Å². The Morgan fingerprint density at radius 3 is 2.67 bits per heavy atom. The molecule has 3 aromatic carbocycles. The monoisotopic (exact) mass is 432 g/mol. The molecule has 6 heteroatoms. The maximum Gasteiger partial charge on any atom is 0.267 e. The van der Waals surface area contributed by atoms with Crippen LogP contribution < -0.4 is 5.32 Å². The predicted octanol–water partition coefficient (Wildman–Crippen LogP) is 7.23. The number of fused-ring (bicyclic) bond motifs is 2. The number of nitrogens with zero attached hydrogens (tertiary/aromatic N) is 1. The lowest BCUT2D eigenvalue weighted by molar-refractivity contribution is 0.103. The second kappa shape index (κ2) is 7.27. The van der Waals surface area contributed by atoms with Gasteiger partial charge in [0.25, 0.3) is 5.91 Å². The fourth-order valence-corrected chi connectivity index (χ4v) is 4.79. The number of benzene rings is 3. The summed E-state index contributed by atoms with van der Waals surface area (Å²) in [6, 6.07) is 19.2. The highest BCUT2D eigenvalue weighted by Crippen LogP contribution is 2.36. The number of oxazole rings is 1. The Bertz CT molecular complexity index is 1400. The summed E-state index contributed by atoms with van der Waals surface area (Å²) in [6.45, 7) is 4.10. The molecule has 0 saturated carbocycles. The van der Waals surface area contributed by atoms with E-state index in [0.717, 1.165) is 32.3 Å². The van der Waals surface area contributed by atoms with E-state index in [1.807, 2.05) is 67.6 Å². The standard InChI is InChI=1S/C24H17ClN2O2S/c1-13-10-18-19(11-14(13)2)29-24(27-18)15-6-5-7-16(12-15)26-23(28)22-21(25)17-8-3-4-9-20(17)30-22/h3-12H,1-2H3,(H,26,28). The Hall–Kier alpha value is -3.15. The van der Waals surface area contributed by atoms with Crippen LogP contribution >= 0.6 is 22.9 Å². The Morgan fingerprint density at radius 1 is 1.03 bits per heavy atom. The van der Waals surface area contributed by atoms with E-state index in [1.165, 1.54) is 16.9 Å². The first kappa shape index (κ1) is 18.9. The molecule has 148 valence electrons. The van der Waals surface area contributed by atoms with Crippen molar-refractivity contribution in [2.75, 3.05) is 5.32 Å². The SMILES string of the molecule is Cc1cc2nc(-c3cccc(NC(=O)c4sc5ccccc5c4Cl)c3)oc2cc1C. The maximum absolute atomic E-state index is 12.8. The zero-order valence-corrected chi connectivity index (χ0v) is 17.9. The number of carbonyl (C=O) groups excluding carboxylic acids is 1. The lowest BCUT2D eigenvalue weighted by Crippen LogP contribution is -2.10. The van der Waals surface area contributed by atoms with Crippen LogP contribution in [0.5, 0.6) is 0 Å². The number of halogens is 1. The van der Waals surface area contributed by atoms with Crippen molar-refractivity contribution in [3.63, 3.8) is 0 Å². The number of aryl methyl sites for hydroxylation is 2. The molecule has 0 aliphatic carbocycles. The van der Waals surface area contributed by atoms with Crippen molar-refractivity contribution < 1.29 is 9.21 Å². The first-order chi connectivity index (χ1) is 14.5. The second-order valence-corrected chi connectivity index (χ2v) is 8.63. The topological polar surface area (TPSA) is 55.1 Å². The molecule has 2 heterocycles. The molecule has 0 saturated heterocycles. The van der Waals surface area contributed by atoms with Crippen molar-refractivity contribution >= 4 is 55.7 Å². The number of hydrogen-bond acceptors (Lipinski definition) is 4. The van der Waals surface area contributed by atoms with Gasteiger partial charge in [-0.1, -0.05) is 35.9 Å². The predicted molar refractivity (Wildman–Crippen MR) is 124 cm³/mol. The summed E-state index contributed by atoms with van der Waals surface area (Å²) >= 11 is 7.82. The molecule has 0 radical (unpaired) electrons. The van der Waals surface area contributed by atoms with E-state index in [0.29, 0.717) is 21.5 Å². The van der Waals surface area contributed by atoms with Crippen LogP contribution in [-0.2, 0) is 0 Å². The van der Waals surface area contributed by atoms with Crippen LogP contribution in [0.25, 0.3) is 32.6 Å². The molecule has 1 amide bonds. The first-order valence-corrected chi connectivity index (χ1v) is 10.7. The number of nitrogens with one attached hydrogen (secondary N) is 1. The van der Waals surface area contributed by atoms with Crippen LogP contribution in [0.1, 0.15) is 20.8 Å².